The molecule has 0 aliphatic heterocycles. The van der Waals surface area contributed by atoms with Gasteiger partial charge in [0.1, 0.15) is 17.2 Å². The molecule has 1 saturated carbocycles. The van der Waals surface area contributed by atoms with Crippen molar-refractivity contribution in [2.45, 2.75) is 90.0 Å². The molecule has 8 nitrogen and oxygen atoms in total. The lowest BCUT2D eigenvalue weighted by Gasteiger charge is -2.28. The van der Waals surface area contributed by atoms with Crippen LogP contribution in [0, 0.1) is 17.6 Å². The average Bonchev–Trinajstić information content (AvgIpc) is 3.15. The molecule has 1 fully saturated rings. The topological polar surface area (TPSA) is 108 Å². The average molecular weight is 503 g/mol. The number of aliphatic hydroxyl groups excluding tert-OH is 1. The van der Waals surface area contributed by atoms with E-state index in [9.17, 15) is 19.0 Å². The fraction of sp³-hybridized carbons (Fsp3) is 0.577. The molecule has 1 aliphatic rings. The molecule has 0 saturated heterocycles. The number of anilines is 3. The minimum atomic E-state index is -0.781. The normalized spacial score (nSPS) is 19.4. The summed E-state index contributed by atoms with van der Waals surface area (Å²) >= 11 is 0. The first-order valence-corrected chi connectivity index (χ1v) is 12.8. The second kappa shape index (κ2) is 11.0. The Bertz CT molecular complexity index is 1170. The molecular weight excluding hydrogens is 466 g/mol. The number of aryl methyl sites for hydroxylation is 1. The third kappa shape index (κ3) is 6.28. The minimum absolute atomic E-state index is 0.114. The summed E-state index contributed by atoms with van der Waals surface area (Å²) in [6, 6.07) is 3.54. The lowest BCUT2D eigenvalue weighted by atomic mass is 9.85. The summed E-state index contributed by atoms with van der Waals surface area (Å²) in [6.07, 6.45) is 6.96. The minimum Gasteiger partial charge on any atom is -0.393 e. The molecule has 4 N–H and O–H groups in total. The van der Waals surface area contributed by atoms with Crippen LogP contribution in [-0.4, -0.2) is 47.5 Å². The molecule has 10 heteroatoms. The molecule has 1 aliphatic carbocycles. The molecule has 0 spiro atoms. The van der Waals surface area contributed by atoms with Gasteiger partial charge in [0.15, 0.2) is 5.65 Å². The lowest BCUT2D eigenvalue weighted by Crippen LogP contribution is -2.30. The highest BCUT2D eigenvalue weighted by atomic mass is 19.1. The van der Waals surface area contributed by atoms with E-state index in [4.69, 9.17) is 4.98 Å². The Morgan fingerprint density at radius 2 is 1.92 bits per heavy atom. The van der Waals surface area contributed by atoms with Crippen LogP contribution in [-0.2, 0) is 6.54 Å². The first-order valence-electron chi connectivity index (χ1n) is 12.8. The van der Waals surface area contributed by atoms with E-state index in [0.717, 1.165) is 51.0 Å². The van der Waals surface area contributed by atoms with Crippen molar-refractivity contribution in [3.05, 3.63) is 36.0 Å². The Morgan fingerprint density at radius 3 is 2.58 bits per heavy atom. The Kier molecular flexibility index (Phi) is 8.04. The SMILES string of the molecule is CC[C@@H](CCCn1c(Nc2ccc(F)cc2F)nc2cnc(NC3CCC(O)CC3)nc21)C(C)(C)O. The van der Waals surface area contributed by atoms with E-state index < -0.39 is 17.2 Å². The number of nitrogens with one attached hydrogen (secondary N) is 2. The standard InChI is InChI=1S/C26H36F2N6O2/c1-4-16(26(2,3)36)6-5-13-34-23-22(32-25(34)31-21-12-7-17(27)14-20(21)28)15-29-24(33-23)30-18-8-10-19(35)11-9-18/h7,12,14-16,18-19,35-36H,4-6,8-11,13H2,1-3H3,(H,31,32)(H,29,30,33)/t16-,18?,19?/m0/s1. The molecule has 2 aromatic heterocycles. The van der Waals surface area contributed by atoms with Gasteiger partial charge < -0.3 is 20.8 Å². The predicted octanol–water partition coefficient (Wildman–Crippen LogP) is 5.14. The number of hydrogen-bond donors (Lipinski definition) is 4. The lowest BCUT2D eigenvalue weighted by molar-refractivity contribution is 0.0103. The maximum Gasteiger partial charge on any atom is 0.224 e. The van der Waals surface area contributed by atoms with Crippen molar-refractivity contribution in [3.8, 4) is 0 Å². The summed E-state index contributed by atoms with van der Waals surface area (Å²) in [5.74, 6) is -0.367. The van der Waals surface area contributed by atoms with Gasteiger partial charge in [-0.25, -0.2) is 18.7 Å². The fourth-order valence-electron chi connectivity index (χ4n) is 4.96. The Hall–Kier alpha value is -2.85. The van der Waals surface area contributed by atoms with Crippen LogP contribution in [0.15, 0.2) is 24.4 Å². The van der Waals surface area contributed by atoms with Crippen molar-refractivity contribution in [1.82, 2.24) is 19.5 Å². The van der Waals surface area contributed by atoms with Gasteiger partial charge in [0.05, 0.1) is 23.6 Å². The molecule has 0 unspecified atom stereocenters. The Balaban J connectivity index is 1.61. The summed E-state index contributed by atoms with van der Waals surface area (Å²) in [4.78, 5) is 13.7. The van der Waals surface area contributed by atoms with Gasteiger partial charge in [0.25, 0.3) is 0 Å². The molecule has 4 rings (SSSR count). The first-order chi connectivity index (χ1) is 17.1. The summed E-state index contributed by atoms with van der Waals surface area (Å²) in [6.45, 7) is 6.26. The third-order valence-corrected chi connectivity index (χ3v) is 7.12. The first kappa shape index (κ1) is 26.2. The zero-order valence-corrected chi connectivity index (χ0v) is 21.1. The van der Waals surface area contributed by atoms with Crippen molar-refractivity contribution < 1.29 is 19.0 Å². The van der Waals surface area contributed by atoms with Crippen LogP contribution in [0.1, 0.15) is 65.7 Å². The number of aromatic nitrogens is 4. The Labute approximate surface area is 210 Å². The molecule has 36 heavy (non-hydrogen) atoms. The van der Waals surface area contributed by atoms with Crippen LogP contribution >= 0.6 is 0 Å². The van der Waals surface area contributed by atoms with E-state index in [-0.39, 0.29) is 23.8 Å². The summed E-state index contributed by atoms with van der Waals surface area (Å²) < 4.78 is 29.7. The zero-order chi connectivity index (χ0) is 25.9. The smallest absolute Gasteiger partial charge is 0.224 e. The quantitative estimate of drug-likeness (QED) is 0.304. The molecular formula is C26H36F2N6O2. The summed E-state index contributed by atoms with van der Waals surface area (Å²) in [5, 5.41) is 26.6. The molecule has 0 amide bonds. The van der Waals surface area contributed by atoms with Crippen LogP contribution in [0.3, 0.4) is 0 Å². The van der Waals surface area contributed by atoms with Crippen molar-refractivity contribution in [2.24, 2.45) is 5.92 Å². The predicted molar refractivity (Wildman–Crippen MR) is 136 cm³/mol. The number of nitrogens with zero attached hydrogens (tertiary/aromatic N) is 4. The number of rotatable bonds is 10. The number of fused-ring (bicyclic) bond motifs is 1. The monoisotopic (exact) mass is 502 g/mol. The maximum atomic E-state index is 14.4. The van der Waals surface area contributed by atoms with Gasteiger partial charge in [-0.05, 0) is 70.4 Å². The highest BCUT2D eigenvalue weighted by Crippen LogP contribution is 2.29. The van der Waals surface area contributed by atoms with E-state index in [1.165, 1.54) is 12.1 Å². The van der Waals surface area contributed by atoms with Crippen molar-refractivity contribution in [3.63, 3.8) is 0 Å². The largest absolute Gasteiger partial charge is 0.393 e. The molecule has 1 aromatic carbocycles. The second-order valence-corrected chi connectivity index (χ2v) is 10.3. The van der Waals surface area contributed by atoms with E-state index in [0.29, 0.717) is 29.6 Å². The van der Waals surface area contributed by atoms with E-state index in [2.05, 4.69) is 27.5 Å². The van der Waals surface area contributed by atoms with Crippen LogP contribution in [0.4, 0.5) is 26.4 Å². The third-order valence-electron chi connectivity index (χ3n) is 7.12. The fourth-order valence-corrected chi connectivity index (χ4v) is 4.96. The van der Waals surface area contributed by atoms with Crippen molar-refractivity contribution in [2.75, 3.05) is 10.6 Å². The van der Waals surface area contributed by atoms with E-state index >= 15 is 0 Å². The summed E-state index contributed by atoms with van der Waals surface area (Å²) in [7, 11) is 0. The highest BCUT2D eigenvalue weighted by Gasteiger charge is 2.25. The number of benzene rings is 1. The molecule has 3 aromatic rings. The van der Waals surface area contributed by atoms with Gasteiger partial charge in [0.2, 0.25) is 11.9 Å². The highest BCUT2D eigenvalue weighted by molar-refractivity contribution is 5.76. The van der Waals surface area contributed by atoms with Gasteiger partial charge >= 0.3 is 0 Å². The van der Waals surface area contributed by atoms with Crippen LogP contribution in [0.5, 0.6) is 0 Å². The van der Waals surface area contributed by atoms with Gasteiger partial charge in [-0.3, -0.25) is 4.57 Å². The van der Waals surface area contributed by atoms with Crippen molar-refractivity contribution >= 4 is 28.7 Å². The number of imidazole rings is 1. The maximum absolute atomic E-state index is 14.4. The zero-order valence-electron chi connectivity index (χ0n) is 21.1. The molecule has 0 radical (unpaired) electrons. The van der Waals surface area contributed by atoms with Crippen molar-refractivity contribution in [1.29, 1.82) is 0 Å². The number of halogens is 2. The van der Waals surface area contributed by atoms with Gasteiger partial charge in [-0.15, -0.1) is 0 Å². The molecule has 2 heterocycles. The number of aliphatic hydroxyl groups is 2. The van der Waals surface area contributed by atoms with Gasteiger partial charge in [-0.1, -0.05) is 13.3 Å². The van der Waals surface area contributed by atoms with E-state index in [1.807, 2.05) is 18.4 Å². The summed E-state index contributed by atoms with van der Waals surface area (Å²) in [5.41, 5.74) is 0.489. The van der Waals surface area contributed by atoms with Gasteiger partial charge in [-0.2, -0.15) is 4.98 Å². The van der Waals surface area contributed by atoms with E-state index in [1.54, 1.807) is 6.20 Å². The van der Waals surface area contributed by atoms with Crippen LogP contribution in [0.25, 0.3) is 11.2 Å². The Morgan fingerprint density at radius 1 is 1.17 bits per heavy atom. The second-order valence-electron chi connectivity index (χ2n) is 10.3. The van der Waals surface area contributed by atoms with Crippen LogP contribution < -0.4 is 10.6 Å². The number of hydrogen-bond acceptors (Lipinski definition) is 7. The molecule has 196 valence electrons. The molecule has 0 bridgehead atoms. The van der Waals surface area contributed by atoms with Crippen LogP contribution in [0.2, 0.25) is 0 Å². The molecule has 1 atom stereocenters. The van der Waals surface area contributed by atoms with Gasteiger partial charge in [0, 0.05) is 18.7 Å².